The number of carbonyl (C=O) groups is 1. The number of amides is 1. The van der Waals surface area contributed by atoms with Crippen molar-refractivity contribution in [2.24, 2.45) is 0 Å². The standard InChI is InChI=1S/C13H12N6OS/c1-7-3-5-9(6-4-7)12-14-8(2)10(21-12)11(20)15-13-16-18-19-17-13/h3-6H,1-2H3,(H2,15,16,17,18,19,20). The van der Waals surface area contributed by atoms with E-state index in [1.165, 1.54) is 16.9 Å². The van der Waals surface area contributed by atoms with Gasteiger partial charge in [0.25, 0.3) is 5.91 Å². The predicted octanol–water partition coefficient (Wildman–Crippen LogP) is 2.19. The Hall–Kier alpha value is -2.61. The Morgan fingerprint density at radius 3 is 2.67 bits per heavy atom. The first kappa shape index (κ1) is 13.4. The average Bonchev–Trinajstić information content (AvgIpc) is 3.09. The Bertz CT molecular complexity index is 763. The zero-order valence-electron chi connectivity index (χ0n) is 11.4. The zero-order valence-corrected chi connectivity index (χ0v) is 12.2. The molecule has 8 heteroatoms. The lowest BCUT2D eigenvalue weighted by atomic mass is 10.2. The summed E-state index contributed by atoms with van der Waals surface area (Å²) in [5.74, 6) is -0.0633. The van der Waals surface area contributed by atoms with E-state index in [2.05, 4.69) is 30.9 Å². The van der Waals surface area contributed by atoms with Gasteiger partial charge in [-0.15, -0.1) is 11.3 Å². The van der Waals surface area contributed by atoms with Crippen LogP contribution < -0.4 is 5.32 Å². The molecule has 2 heterocycles. The quantitative estimate of drug-likeness (QED) is 0.773. The molecule has 21 heavy (non-hydrogen) atoms. The molecule has 2 aromatic heterocycles. The average molecular weight is 300 g/mol. The van der Waals surface area contributed by atoms with E-state index in [0.717, 1.165) is 10.6 Å². The number of aryl methyl sites for hydroxylation is 2. The second-order valence-electron chi connectivity index (χ2n) is 4.50. The van der Waals surface area contributed by atoms with Gasteiger partial charge >= 0.3 is 0 Å². The van der Waals surface area contributed by atoms with E-state index in [1.54, 1.807) is 0 Å². The fraction of sp³-hybridized carbons (Fsp3) is 0.154. The number of thiazole rings is 1. The molecule has 0 saturated carbocycles. The maximum atomic E-state index is 12.2. The van der Waals surface area contributed by atoms with Crippen LogP contribution in [0.5, 0.6) is 0 Å². The highest BCUT2D eigenvalue weighted by Gasteiger charge is 2.17. The highest BCUT2D eigenvalue weighted by atomic mass is 32.1. The van der Waals surface area contributed by atoms with Crippen LogP contribution in [0.2, 0.25) is 0 Å². The maximum Gasteiger partial charge on any atom is 0.270 e. The number of nitrogens with zero attached hydrogens (tertiary/aromatic N) is 4. The van der Waals surface area contributed by atoms with Crippen LogP contribution in [0, 0.1) is 13.8 Å². The first-order valence-electron chi connectivity index (χ1n) is 6.23. The Morgan fingerprint density at radius 2 is 2.00 bits per heavy atom. The molecule has 0 spiro atoms. The second kappa shape index (κ2) is 5.41. The molecule has 3 rings (SSSR count). The van der Waals surface area contributed by atoms with Crippen LogP contribution in [0.25, 0.3) is 10.6 Å². The number of hydrogen-bond acceptors (Lipinski definition) is 6. The van der Waals surface area contributed by atoms with Gasteiger partial charge in [-0.1, -0.05) is 34.9 Å². The third-order valence-corrected chi connectivity index (χ3v) is 4.08. The van der Waals surface area contributed by atoms with Gasteiger partial charge in [-0.05, 0) is 24.3 Å². The van der Waals surface area contributed by atoms with Gasteiger partial charge in [-0.2, -0.15) is 0 Å². The number of aromatic amines is 1. The normalized spacial score (nSPS) is 10.6. The van der Waals surface area contributed by atoms with Crippen molar-refractivity contribution in [1.82, 2.24) is 25.6 Å². The van der Waals surface area contributed by atoms with E-state index in [4.69, 9.17) is 0 Å². The van der Waals surface area contributed by atoms with Crippen LogP contribution in [0.15, 0.2) is 24.3 Å². The van der Waals surface area contributed by atoms with E-state index in [-0.39, 0.29) is 11.9 Å². The number of anilines is 1. The number of tetrazole rings is 1. The number of aromatic nitrogens is 5. The lowest BCUT2D eigenvalue weighted by Gasteiger charge is -1.97. The Balaban J connectivity index is 1.87. The lowest BCUT2D eigenvalue weighted by molar-refractivity contribution is 0.102. The molecule has 0 atom stereocenters. The van der Waals surface area contributed by atoms with Crippen molar-refractivity contribution in [2.75, 3.05) is 5.32 Å². The summed E-state index contributed by atoms with van der Waals surface area (Å²) in [4.78, 5) is 17.2. The summed E-state index contributed by atoms with van der Waals surface area (Å²) < 4.78 is 0. The van der Waals surface area contributed by atoms with Gasteiger partial charge in [0.15, 0.2) is 0 Å². The Kier molecular flexibility index (Phi) is 3.44. The van der Waals surface area contributed by atoms with Crippen LogP contribution in [0.4, 0.5) is 5.95 Å². The molecule has 0 saturated heterocycles. The third-order valence-electron chi connectivity index (χ3n) is 2.88. The van der Waals surface area contributed by atoms with Crippen LogP contribution in [-0.2, 0) is 0 Å². The summed E-state index contributed by atoms with van der Waals surface area (Å²) in [7, 11) is 0. The fourth-order valence-electron chi connectivity index (χ4n) is 1.80. The smallest absolute Gasteiger partial charge is 0.270 e. The molecule has 3 aromatic rings. The van der Waals surface area contributed by atoms with Crippen LogP contribution >= 0.6 is 11.3 Å². The van der Waals surface area contributed by atoms with Crippen molar-refractivity contribution >= 4 is 23.2 Å². The van der Waals surface area contributed by atoms with Crippen molar-refractivity contribution in [2.45, 2.75) is 13.8 Å². The van der Waals surface area contributed by atoms with Crippen molar-refractivity contribution < 1.29 is 4.79 Å². The van der Waals surface area contributed by atoms with Gasteiger partial charge in [0.1, 0.15) is 9.88 Å². The van der Waals surface area contributed by atoms with Crippen molar-refractivity contribution in [3.8, 4) is 10.6 Å². The summed E-state index contributed by atoms with van der Waals surface area (Å²) in [6, 6.07) is 8.03. The number of H-pyrrole nitrogens is 1. The molecule has 106 valence electrons. The Labute approximate surface area is 124 Å². The second-order valence-corrected chi connectivity index (χ2v) is 5.50. The number of hydrogen-bond donors (Lipinski definition) is 2. The van der Waals surface area contributed by atoms with Gasteiger partial charge in [-0.25, -0.2) is 10.1 Å². The first-order valence-corrected chi connectivity index (χ1v) is 7.04. The number of benzene rings is 1. The minimum absolute atomic E-state index is 0.213. The molecule has 0 aliphatic carbocycles. The Morgan fingerprint density at radius 1 is 1.24 bits per heavy atom. The molecule has 0 radical (unpaired) electrons. The molecule has 0 aliphatic heterocycles. The third kappa shape index (κ3) is 2.79. The predicted molar refractivity (Wildman–Crippen MR) is 79.2 cm³/mol. The van der Waals surface area contributed by atoms with Crippen LogP contribution in [-0.4, -0.2) is 31.5 Å². The summed E-state index contributed by atoms with van der Waals surface area (Å²) in [5.41, 5.74) is 2.86. The van der Waals surface area contributed by atoms with E-state index in [0.29, 0.717) is 10.6 Å². The fourth-order valence-corrected chi connectivity index (χ4v) is 2.77. The molecular weight excluding hydrogens is 288 g/mol. The van der Waals surface area contributed by atoms with Gasteiger partial charge < -0.3 is 0 Å². The highest BCUT2D eigenvalue weighted by molar-refractivity contribution is 7.17. The molecule has 1 aromatic carbocycles. The maximum absolute atomic E-state index is 12.2. The van der Waals surface area contributed by atoms with Crippen molar-refractivity contribution in [3.63, 3.8) is 0 Å². The van der Waals surface area contributed by atoms with E-state index in [9.17, 15) is 4.79 Å². The molecule has 0 aliphatic rings. The molecule has 1 amide bonds. The van der Waals surface area contributed by atoms with Crippen LogP contribution in [0.1, 0.15) is 20.9 Å². The minimum atomic E-state index is -0.276. The summed E-state index contributed by atoms with van der Waals surface area (Å²) in [5, 5.41) is 16.3. The molecule has 0 bridgehead atoms. The van der Waals surface area contributed by atoms with Gasteiger partial charge in [0, 0.05) is 5.56 Å². The zero-order chi connectivity index (χ0) is 14.8. The molecule has 2 N–H and O–H groups in total. The van der Waals surface area contributed by atoms with Crippen LogP contribution in [0.3, 0.4) is 0 Å². The first-order chi connectivity index (χ1) is 10.1. The number of nitrogens with one attached hydrogen (secondary N) is 2. The lowest BCUT2D eigenvalue weighted by Crippen LogP contribution is -2.12. The monoisotopic (exact) mass is 300 g/mol. The topological polar surface area (TPSA) is 96.5 Å². The van der Waals surface area contributed by atoms with E-state index < -0.39 is 0 Å². The highest BCUT2D eigenvalue weighted by Crippen LogP contribution is 2.28. The SMILES string of the molecule is Cc1ccc(-c2nc(C)c(C(=O)Nc3nnn[nH]3)s2)cc1. The number of carbonyl (C=O) groups excluding carboxylic acids is 1. The van der Waals surface area contributed by atoms with E-state index >= 15 is 0 Å². The minimum Gasteiger partial charge on any atom is -0.289 e. The summed E-state index contributed by atoms with van der Waals surface area (Å²) in [6.45, 7) is 3.84. The van der Waals surface area contributed by atoms with Gasteiger partial charge in [0.2, 0.25) is 5.95 Å². The molecule has 7 nitrogen and oxygen atoms in total. The molecule has 0 unspecified atom stereocenters. The largest absolute Gasteiger partial charge is 0.289 e. The van der Waals surface area contributed by atoms with Crippen molar-refractivity contribution in [1.29, 1.82) is 0 Å². The van der Waals surface area contributed by atoms with Gasteiger partial charge in [-0.3, -0.25) is 10.1 Å². The van der Waals surface area contributed by atoms with Crippen molar-refractivity contribution in [3.05, 3.63) is 40.4 Å². The van der Waals surface area contributed by atoms with E-state index in [1.807, 2.05) is 38.1 Å². The molecule has 0 fully saturated rings. The summed E-state index contributed by atoms with van der Waals surface area (Å²) >= 11 is 1.34. The number of rotatable bonds is 3. The van der Waals surface area contributed by atoms with Gasteiger partial charge in [0.05, 0.1) is 5.69 Å². The molecular formula is C13H12N6OS. The summed E-state index contributed by atoms with van der Waals surface area (Å²) in [6.07, 6.45) is 0.